The fraction of sp³-hybridized carbons (Fsp3) is 0.474. The van der Waals surface area contributed by atoms with Gasteiger partial charge in [-0.2, -0.15) is 0 Å². The summed E-state index contributed by atoms with van der Waals surface area (Å²) >= 11 is 0. The van der Waals surface area contributed by atoms with Crippen LogP contribution in [0.3, 0.4) is 0 Å². The minimum Gasteiger partial charge on any atom is -0.480 e. The summed E-state index contributed by atoms with van der Waals surface area (Å²) in [5.74, 6) is -1.33. The van der Waals surface area contributed by atoms with Crippen LogP contribution in [0.5, 0.6) is 0 Å². The van der Waals surface area contributed by atoms with E-state index in [0.717, 1.165) is 25.7 Å². The number of aliphatic carboxylic acids is 1. The third kappa shape index (κ3) is 3.76. The molecule has 0 radical (unpaired) electrons. The summed E-state index contributed by atoms with van der Waals surface area (Å²) in [6.07, 6.45) is 5.93. The van der Waals surface area contributed by atoms with Gasteiger partial charge in [0, 0.05) is 13.0 Å². The normalized spacial score (nSPS) is 16.8. The monoisotopic (exact) mass is 357 g/mol. The van der Waals surface area contributed by atoms with Gasteiger partial charge in [-0.25, -0.2) is 9.78 Å². The van der Waals surface area contributed by atoms with Crippen molar-refractivity contribution in [3.63, 3.8) is 0 Å². The van der Waals surface area contributed by atoms with Crippen molar-refractivity contribution < 1.29 is 14.7 Å². The molecule has 26 heavy (non-hydrogen) atoms. The lowest BCUT2D eigenvalue weighted by Gasteiger charge is -2.29. The first-order chi connectivity index (χ1) is 12.5. The molecule has 0 aliphatic heterocycles. The number of para-hydroxylation sites is 1. The maximum absolute atomic E-state index is 12.4. The van der Waals surface area contributed by atoms with Gasteiger partial charge in [-0.15, -0.1) is 0 Å². The van der Waals surface area contributed by atoms with Crippen molar-refractivity contribution in [2.24, 2.45) is 0 Å². The Balaban J connectivity index is 1.69. The van der Waals surface area contributed by atoms with Crippen LogP contribution < -0.4 is 10.9 Å². The fourth-order valence-corrected chi connectivity index (χ4v) is 3.54. The molecule has 1 aliphatic carbocycles. The Bertz CT molecular complexity index is 866. The molecule has 1 fully saturated rings. The Labute approximate surface area is 151 Å². The molecular formula is C19H23N3O4. The molecule has 7 heteroatoms. The van der Waals surface area contributed by atoms with Gasteiger partial charge >= 0.3 is 5.97 Å². The number of carboxylic acid groups (broad SMARTS) is 1. The van der Waals surface area contributed by atoms with E-state index in [2.05, 4.69) is 10.3 Å². The number of aryl methyl sites for hydroxylation is 1. The molecule has 1 amide bonds. The topological polar surface area (TPSA) is 101 Å². The van der Waals surface area contributed by atoms with E-state index in [4.69, 9.17) is 0 Å². The Hall–Kier alpha value is -2.70. The molecule has 1 aliphatic rings. The summed E-state index contributed by atoms with van der Waals surface area (Å²) in [5.41, 5.74) is -0.771. The van der Waals surface area contributed by atoms with Crippen LogP contribution in [0.2, 0.25) is 0 Å². The summed E-state index contributed by atoms with van der Waals surface area (Å²) in [5, 5.41) is 12.9. The first-order valence-corrected chi connectivity index (χ1v) is 9.00. The molecule has 1 heterocycles. The second-order valence-electron chi connectivity index (χ2n) is 6.86. The van der Waals surface area contributed by atoms with E-state index in [1.54, 1.807) is 18.2 Å². The van der Waals surface area contributed by atoms with Gasteiger partial charge in [-0.3, -0.25) is 14.2 Å². The van der Waals surface area contributed by atoms with Crippen LogP contribution in [-0.2, 0) is 16.1 Å². The van der Waals surface area contributed by atoms with E-state index in [-0.39, 0.29) is 24.4 Å². The average molecular weight is 357 g/mol. The number of benzene rings is 1. The number of carbonyl (C=O) groups is 2. The van der Waals surface area contributed by atoms with Crippen LogP contribution >= 0.6 is 0 Å². The SMILES string of the molecule is O=C(CCn1cnc2ccccc2c1=O)NC1(C(=O)O)CCCCCC1. The molecular weight excluding hydrogens is 334 g/mol. The molecule has 2 aromatic rings. The standard InChI is InChI=1S/C19H23N3O4/c23-16(21-19(18(25)26)10-5-1-2-6-11-19)9-12-22-13-20-15-8-4-3-7-14(15)17(22)24/h3-4,7-8,13H,1-2,5-6,9-12H2,(H,21,23)(H,25,26). The van der Waals surface area contributed by atoms with Crippen LogP contribution in [0.1, 0.15) is 44.9 Å². The van der Waals surface area contributed by atoms with Crippen LogP contribution in [-0.4, -0.2) is 32.1 Å². The number of fused-ring (bicyclic) bond motifs is 1. The summed E-state index contributed by atoms with van der Waals surface area (Å²) in [6, 6.07) is 7.04. The second kappa shape index (κ2) is 7.68. The van der Waals surface area contributed by atoms with E-state index in [1.807, 2.05) is 6.07 Å². The largest absolute Gasteiger partial charge is 0.480 e. The first-order valence-electron chi connectivity index (χ1n) is 9.00. The van der Waals surface area contributed by atoms with E-state index >= 15 is 0 Å². The van der Waals surface area contributed by atoms with Crippen LogP contribution in [0, 0.1) is 0 Å². The highest BCUT2D eigenvalue weighted by atomic mass is 16.4. The third-order valence-corrected chi connectivity index (χ3v) is 5.06. The maximum atomic E-state index is 12.4. The third-order valence-electron chi connectivity index (χ3n) is 5.06. The summed E-state index contributed by atoms with van der Waals surface area (Å²) in [4.78, 5) is 40.8. The average Bonchev–Trinajstić information content (AvgIpc) is 2.88. The Morgan fingerprint density at radius 2 is 1.85 bits per heavy atom. The molecule has 0 unspecified atom stereocenters. The van der Waals surface area contributed by atoms with Crippen molar-refractivity contribution in [2.45, 2.75) is 57.0 Å². The van der Waals surface area contributed by atoms with Crippen molar-refractivity contribution in [1.29, 1.82) is 0 Å². The summed E-state index contributed by atoms with van der Waals surface area (Å²) in [6.45, 7) is 0.165. The Kier molecular flexibility index (Phi) is 5.35. The van der Waals surface area contributed by atoms with Crippen LogP contribution in [0.15, 0.2) is 35.4 Å². The van der Waals surface area contributed by atoms with Gasteiger partial charge in [-0.05, 0) is 25.0 Å². The quantitative estimate of drug-likeness (QED) is 0.798. The number of aromatic nitrogens is 2. The lowest BCUT2D eigenvalue weighted by atomic mass is 9.90. The molecule has 0 atom stereocenters. The minimum absolute atomic E-state index is 0.0367. The number of hydrogen-bond acceptors (Lipinski definition) is 4. The molecule has 7 nitrogen and oxygen atoms in total. The lowest BCUT2D eigenvalue weighted by molar-refractivity contribution is -0.148. The van der Waals surface area contributed by atoms with Crippen LogP contribution in [0.4, 0.5) is 0 Å². The zero-order chi connectivity index (χ0) is 18.6. The predicted octanol–water partition coefficient (Wildman–Crippen LogP) is 2.08. The van der Waals surface area contributed by atoms with Crippen LogP contribution in [0.25, 0.3) is 10.9 Å². The van der Waals surface area contributed by atoms with E-state index in [0.29, 0.717) is 23.7 Å². The van der Waals surface area contributed by atoms with Crippen molar-refractivity contribution in [2.75, 3.05) is 0 Å². The predicted molar refractivity (Wildman–Crippen MR) is 96.8 cm³/mol. The zero-order valence-electron chi connectivity index (χ0n) is 14.6. The molecule has 3 rings (SSSR count). The maximum Gasteiger partial charge on any atom is 0.329 e. The van der Waals surface area contributed by atoms with Gasteiger partial charge in [0.2, 0.25) is 5.91 Å². The van der Waals surface area contributed by atoms with Gasteiger partial charge in [0.25, 0.3) is 5.56 Å². The molecule has 0 spiro atoms. The second-order valence-corrected chi connectivity index (χ2v) is 6.86. The Morgan fingerprint density at radius 1 is 1.15 bits per heavy atom. The van der Waals surface area contributed by atoms with Crippen molar-refractivity contribution in [3.8, 4) is 0 Å². The number of nitrogens with one attached hydrogen (secondary N) is 1. The van der Waals surface area contributed by atoms with Gasteiger partial charge in [0.15, 0.2) is 0 Å². The van der Waals surface area contributed by atoms with Gasteiger partial charge in [0.1, 0.15) is 5.54 Å². The molecule has 2 N–H and O–H groups in total. The number of nitrogens with zero attached hydrogens (tertiary/aromatic N) is 2. The van der Waals surface area contributed by atoms with Gasteiger partial charge in [0.05, 0.1) is 17.2 Å². The highest BCUT2D eigenvalue weighted by molar-refractivity contribution is 5.87. The summed E-state index contributed by atoms with van der Waals surface area (Å²) in [7, 11) is 0. The first kappa shape index (κ1) is 18.1. The molecule has 1 aromatic heterocycles. The number of carboxylic acids is 1. The van der Waals surface area contributed by atoms with Crippen molar-refractivity contribution in [3.05, 3.63) is 40.9 Å². The number of amides is 1. The molecule has 1 saturated carbocycles. The zero-order valence-corrected chi connectivity index (χ0v) is 14.6. The summed E-state index contributed by atoms with van der Waals surface area (Å²) < 4.78 is 1.39. The fourth-order valence-electron chi connectivity index (χ4n) is 3.54. The number of hydrogen-bond donors (Lipinski definition) is 2. The molecule has 0 bridgehead atoms. The molecule has 138 valence electrons. The van der Waals surface area contributed by atoms with E-state index in [9.17, 15) is 19.5 Å². The smallest absolute Gasteiger partial charge is 0.329 e. The Morgan fingerprint density at radius 3 is 2.54 bits per heavy atom. The van der Waals surface area contributed by atoms with Gasteiger partial charge in [-0.1, -0.05) is 37.8 Å². The number of rotatable bonds is 5. The minimum atomic E-state index is -1.18. The van der Waals surface area contributed by atoms with Crippen molar-refractivity contribution in [1.82, 2.24) is 14.9 Å². The van der Waals surface area contributed by atoms with E-state index in [1.165, 1.54) is 10.9 Å². The lowest BCUT2D eigenvalue weighted by Crippen LogP contribution is -2.54. The molecule has 1 aromatic carbocycles. The van der Waals surface area contributed by atoms with E-state index < -0.39 is 11.5 Å². The number of carbonyl (C=O) groups excluding carboxylic acids is 1. The highest BCUT2D eigenvalue weighted by Crippen LogP contribution is 2.27. The highest BCUT2D eigenvalue weighted by Gasteiger charge is 2.39. The van der Waals surface area contributed by atoms with Crippen molar-refractivity contribution >= 4 is 22.8 Å². The molecule has 0 saturated heterocycles. The van der Waals surface area contributed by atoms with Gasteiger partial charge < -0.3 is 10.4 Å².